The molecule has 8 heteroatoms. The van der Waals surface area contributed by atoms with Crippen LogP contribution in [0.4, 0.5) is 10.1 Å². The van der Waals surface area contributed by atoms with E-state index in [4.69, 9.17) is 17.3 Å². The maximum absolute atomic E-state index is 13.9. The van der Waals surface area contributed by atoms with Gasteiger partial charge in [0.2, 0.25) is 0 Å². The first kappa shape index (κ1) is 16.2. The van der Waals surface area contributed by atoms with Crippen LogP contribution >= 0.6 is 27.5 Å². The van der Waals surface area contributed by atoms with Crippen molar-refractivity contribution in [2.75, 3.05) is 4.72 Å². The first-order chi connectivity index (χ1) is 9.83. The monoisotopic (exact) mass is 392 g/mol. The highest BCUT2D eigenvalue weighted by atomic mass is 79.9. The van der Waals surface area contributed by atoms with Crippen LogP contribution in [0.15, 0.2) is 45.8 Å². The molecule has 0 heterocycles. The summed E-state index contributed by atoms with van der Waals surface area (Å²) < 4.78 is 41.3. The van der Waals surface area contributed by atoms with E-state index in [-0.39, 0.29) is 17.3 Å². The van der Waals surface area contributed by atoms with Crippen LogP contribution in [-0.4, -0.2) is 8.42 Å². The first-order valence-electron chi connectivity index (χ1n) is 5.80. The third kappa shape index (κ3) is 3.74. The van der Waals surface area contributed by atoms with Crippen LogP contribution in [0.5, 0.6) is 0 Å². The highest BCUT2D eigenvalue weighted by molar-refractivity contribution is 9.10. The molecule has 0 radical (unpaired) electrons. The summed E-state index contributed by atoms with van der Waals surface area (Å²) in [5.41, 5.74) is 6.06. The minimum atomic E-state index is -4.07. The lowest BCUT2D eigenvalue weighted by molar-refractivity contribution is 0.569. The average Bonchev–Trinajstić information content (AvgIpc) is 2.41. The molecule has 3 N–H and O–H groups in total. The van der Waals surface area contributed by atoms with E-state index in [0.717, 1.165) is 6.07 Å². The van der Waals surface area contributed by atoms with Gasteiger partial charge in [0.25, 0.3) is 10.0 Å². The zero-order valence-corrected chi connectivity index (χ0v) is 13.8. The second-order valence-electron chi connectivity index (χ2n) is 4.20. The topological polar surface area (TPSA) is 72.2 Å². The Hall–Kier alpha value is -1.15. The normalized spacial score (nSPS) is 11.4. The molecule has 0 aliphatic carbocycles. The van der Waals surface area contributed by atoms with Crippen molar-refractivity contribution < 1.29 is 12.8 Å². The molecule has 0 aromatic heterocycles. The van der Waals surface area contributed by atoms with E-state index in [9.17, 15) is 12.8 Å². The first-order valence-corrected chi connectivity index (χ1v) is 8.45. The van der Waals surface area contributed by atoms with Crippen molar-refractivity contribution in [3.63, 3.8) is 0 Å². The number of hydrogen-bond acceptors (Lipinski definition) is 3. The highest BCUT2D eigenvalue weighted by Crippen LogP contribution is 2.28. The van der Waals surface area contributed by atoms with Crippen LogP contribution in [0.1, 0.15) is 5.56 Å². The molecule has 2 aromatic rings. The van der Waals surface area contributed by atoms with Crippen molar-refractivity contribution in [3.05, 3.63) is 57.3 Å². The van der Waals surface area contributed by atoms with Crippen LogP contribution in [0.3, 0.4) is 0 Å². The molecule has 0 fully saturated rings. The predicted molar refractivity (Wildman–Crippen MR) is 84.3 cm³/mol. The third-order valence-electron chi connectivity index (χ3n) is 2.70. The Morgan fingerprint density at radius 2 is 1.95 bits per heavy atom. The summed E-state index contributed by atoms with van der Waals surface area (Å²) in [4.78, 5) is -0.460. The summed E-state index contributed by atoms with van der Waals surface area (Å²) in [6.45, 7) is 0.128. The summed E-state index contributed by atoms with van der Waals surface area (Å²) in [6, 6.07) is 8.37. The molecule has 0 amide bonds. The van der Waals surface area contributed by atoms with Crippen molar-refractivity contribution in [1.82, 2.24) is 0 Å². The zero-order valence-electron chi connectivity index (χ0n) is 10.6. The Kier molecular flexibility index (Phi) is 4.88. The third-order valence-corrected chi connectivity index (χ3v) is 4.90. The van der Waals surface area contributed by atoms with Gasteiger partial charge >= 0.3 is 0 Å². The molecule has 21 heavy (non-hydrogen) atoms. The molecule has 0 spiro atoms. The van der Waals surface area contributed by atoms with Gasteiger partial charge < -0.3 is 5.73 Å². The molecule has 0 saturated carbocycles. The highest BCUT2D eigenvalue weighted by Gasteiger charge is 2.20. The Morgan fingerprint density at radius 3 is 2.52 bits per heavy atom. The zero-order chi connectivity index (χ0) is 15.6. The quantitative estimate of drug-likeness (QED) is 0.835. The molecule has 0 aliphatic heterocycles. The van der Waals surface area contributed by atoms with Crippen LogP contribution in [-0.2, 0) is 16.6 Å². The number of rotatable bonds is 4. The molecule has 2 rings (SSSR count). The molecular formula is C13H11BrClFN2O2S. The van der Waals surface area contributed by atoms with Crippen molar-refractivity contribution in [2.24, 2.45) is 5.73 Å². The second-order valence-corrected chi connectivity index (χ2v) is 7.17. The molecule has 0 saturated heterocycles. The lowest BCUT2D eigenvalue weighted by Crippen LogP contribution is -2.15. The van der Waals surface area contributed by atoms with Gasteiger partial charge in [-0.05, 0) is 35.9 Å². The summed E-state index contributed by atoms with van der Waals surface area (Å²) >= 11 is 9.16. The number of benzene rings is 2. The van der Waals surface area contributed by atoms with Crippen molar-refractivity contribution in [3.8, 4) is 0 Å². The van der Waals surface area contributed by atoms with Gasteiger partial charge in [-0.3, -0.25) is 4.72 Å². The smallest absolute Gasteiger partial charge is 0.264 e. The Balaban J connectivity index is 2.38. The van der Waals surface area contributed by atoms with Gasteiger partial charge in [0.05, 0.1) is 10.7 Å². The van der Waals surface area contributed by atoms with Crippen LogP contribution in [0.2, 0.25) is 5.02 Å². The van der Waals surface area contributed by atoms with Gasteiger partial charge in [-0.1, -0.05) is 33.6 Å². The standard InChI is InChI=1S/C13H11BrClFN2O2S/c14-9-2-3-12(10(15)6-9)18-21(19,20)13-4-1-8(7-17)5-11(13)16/h1-6,18H,7,17H2. The van der Waals surface area contributed by atoms with E-state index in [2.05, 4.69) is 20.7 Å². The molecule has 0 unspecified atom stereocenters. The number of nitrogens with one attached hydrogen (secondary N) is 1. The molecule has 0 aliphatic rings. The van der Waals surface area contributed by atoms with Crippen LogP contribution in [0, 0.1) is 5.82 Å². The Labute approximate surface area is 135 Å². The number of anilines is 1. The molecule has 0 bridgehead atoms. The van der Waals surface area contributed by atoms with Gasteiger partial charge in [0.15, 0.2) is 0 Å². The summed E-state index contributed by atoms with van der Waals surface area (Å²) in [5, 5.41) is 0.201. The summed E-state index contributed by atoms with van der Waals surface area (Å²) in [7, 11) is -4.07. The lowest BCUT2D eigenvalue weighted by Gasteiger charge is -2.11. The van der Waals surface area contributed by atoms with Gasteiger partial charge in [0.1, 0.15) is 10.7 Å². The Bertz CT molecular complexity index is 784. The molecule has 2 aromatic carbocycles. The van der Waals surface area contributed by atoms with Crippen LogP contribution < -0.4 is 10.5 Å². The van der Waals surface area contributed by atoms with Crippen molar-refractivity contribution in [2.45, 2.75) is 11.4 Å². The van der Waals surface area contributed by atoms with Crippen molar-refractivity contribution >= 4 is 43.2 Å². The van der Waals surface area contributed by atoms with E-state index in [0.29, 0.717) is 10.0 Å². The van der Waals surface area contributed by atoms with Gasteiger partial charge in [0, 0.05) is 11.0 Å². The van der Waals surface area contributed by atoms with E-state index in [1.54, 1.807) is 6.07 Å². The van der Waals surface area contributed by atoms with E-state index >= 15 is 0 Å². The molecular weight excluding hydrogens is 383 g/mol. The van der Waals surface area contributed by atoms with Gasteiger partial charge in [-0.15, -0.1) is 0 Å². The molecule has 0 atom stereocenters. The van der Waals surface area contributed by atoms with Crippen LogP contribution in [0.25, 0.3) is 0 Å². The van der Waals surface area contributed by atoms with E-state index in [1.807, 2.05) is 0 Å². The van der Waals surface area contributed by atoms with Crippen molar-refractivity contribution in [1.29, 1.82) is 0 Å². The fourth-order valence-corrected chi connectivity index (χ4v) is 3.58. The maximum Gasteiger partial charge on any atom is 0.264 e. The minimum absolute atomic E-state index is 0.128. The predicted octanol–water partition coefficient (Wildman–Crippen LogP) is 3.50. The van der Waals surface area contributed by atoms with E-state index in [1.165, 1.54) is 24.3 Å². The SMILES string of the molecule is NCc1ccc(S(=O)(=O)Nc2ccc(Br)cc2Cl)c(F)c1. The van der Waals surface area contributed by atoms with E-state index < -0.39 is 20.7 Å². The summed E-state index contributed by atoms with van der Waals surface area (Å²) in [6.07, 6.45) is 0. The number of nitrogens with two attached hydrogens (primary N) is 1. The number of hydrogen-bond donors (Lipinski definition) is 2. The van der Waals surface area contributed by atoms with Gasteiger partial charge in [-0.2, -0.15) is 0 Å². The lowest BCUT2D eigenvalue weighted by atomic mass is 10.2. The maximum atomic E-state index is 13.9. The molecule has 4 nitrogen and oxygen atoms in total. The fraction of sp³-hybridized carbons (Fsp3) is 0.0769. The van der Waals surface area contributed by atoms with Gasteiger partial charge in [-0.25, -0.2) is 12.8 Å². The Morgan fingerprint density at radius 1 is 1.24 bits per heavy atom. The number of halogens is 3. The largest absolute Gasteiger partial charge is 0.326 e. The molecule has 112 valence electrons. The number of sulfonamides is 1. The summed E-state index contributed by atoms with van der Waals surface area (Å²) in [5.74, 6) is -0.862. The average molecular weight is 394 g/mol. The minimum Gasteiger partial charge on any atom is -0.326 e. The fourth-order valence-electron chi connectivity index (χ4n) is 1.66. The second kappa shape index (κ2) is 6.31.